The van der Waals surface area contributed by atoms with Gasteiger partial charge in [-0.25, -0.2) is 0 Å². The van der Waals surface area contributed by atoms with Crippen LogP contribution in [-0.4, -0.2) is 78.1 Å². The number of piperazine rings is 1. The third-order valence-corrected chi connectivity index (χ3v) is 5.46. The van der Waals surface area contributed by atoms with Gasteiger partial charge in [0.2, 0.25) is 5.91 Å². The molecule has 1 atom stereocenters. The highest BCUT2D eigenvalue weighted by Gasteiger charge is 2.29. The smallest absolute Gasteiger partial charge is 0.236 e. The summed E-state index contributed by atoms with van der Waals surface area (Å²) < 4.78 is 0. The number of rotatable bonds is 5. The van der Waals surface area contributed by atoms with E-state index in [4.69, 9.17) is 0 Å². The predicted octanol–water partition coefficient (Wildman–Crippen LogP) is 1.52. The van der Waals surface area contributed by atoms with E-state index in [1.807, 2.05) is 42.2 Å². The lowest BCUT2D eigenvalue weighted by atomic mass is 9.95. The number of hydrogen-bond donors (Lipinski definition) is 1. The molecular formula is C20H31N3O2. The third-order valence-electron chi connectivity index (χ3n) is 5.46. The lowest BCUT2D eigenvalue weighted by molar-refractivity contribution is -0.133. The van der Waals surface area contributed by atoms with Crippen molar-refractivity contribution in [2.45, 2.75) is 31.8 Å². The van der Waals surface area contributed by atoms with Gasteiger partial charge >= 0.3 is 0 Å². The van der Waals surface area contributed by atoms with E-state index in [-0.39, 0.29) is 5.91 Å². The Morgan fingerprint density at radius 1 is 0.960 bits per heavy atom. The molecule has 1 aromatic rings. The minimum atomic E-state index is -0.840. The van der Waals surface area contributed by atoms with E-state index < -0.39 is 5.60 Å². The first-order chi connectivity index (χ1) is 12.0. The van der Waals surface area contributed by atoms with Crippen LogP contribution in [0.5, 0.6) is 0 Å². The number of likely N-dealkylation sites (tertiary alicyclic amines) is 1. The first-order valence-electron chi connectivity index (χ1n) is 9.55. The summed E-state index contributed by atoms with van der Waals surface area (Å²) >= 11 is 0. The SMILES string of the molecule is C[C@@](O)(CN1CCN(CC(=O)N2CCCCC2)CC1)c1ccccc1. The van der Waals surface area contributed by atoms with Crippen molar-refractivity contribution >= 4 is 5.91 Å². The molecule has 25 heavy (non-hydrogen) atoms. The number of piperidine rings is 1. The van der Waals surface area contributed by atoms with Crippen LogP contribution in [0, 0.1) is 0 Å². The zero-order valence-corrected chi connectivity index (χ0v) is 15.4. The van der Waals surface area contributed by atoms with Crippen LogP contribution in [0.25, 0.3) is 0 Å². The van der Waals surface area contributed by atoms with Gasteiger partial charge in [-0.1, -0.05) is 30.3 Å². The standard InChI is InChI=1S/C20H31N3O2/c1-20(25,18-8-4-2-5-9-18)17-22-14-12-21(13-15-22)16-19(24)23-10-6-3-7-11-23/h2,4-5,8-9,25H,3,6-7,10-17H2,1H3/t20-/m1/s1. The molecule has 1 amide bonds. The Morgan fingerprint density at radius 3 is 2.20 bits per heavy atom. The van der Waals surface area contributed by atoms with Crippen molar-refractivity contribution in [3.05, 3.63) is 35.9 Å². The molecule has 5 nitrogen and oxygen atoms in total. The first kappa shape index (κ1) is 18.4. The van der Waals surface area contributed by atoms with Gasteiger partial charge in [0.15, 0.2) is 0 Å². The number of benzene rings is 1. The van der Waals surface area contributed by atoms with E-state index in [0.29, 0.717) is 13.1 Å². The van der Waals surface area contributed by atoms with Crippen molar-refractivity contribution in [2.24, 2.45) is 0 Å². The fourth-order valence-electron chi connectivity index (χ4n) is 3.86. The molecule has 0 aliphatic carbocycles. The maximum Gasteiger partial charge on any atom is 0.236 e. The van der Waals surface area contributed by atoms with Crippen LogP contribution in [0.2, 0.25) is 0 Å². The second-order valence-corrected chi connectivity index (χ2v) is 7.63. The van der Waals surface area contributed by atoms with Crippen LogP contribution in [0.1, 0.15) is 31.7 Å². The molecule has 3 rings (SSSR count). The molecule has 5 heteroatoms. The summed E-state index contributed by atoms with van der Waals surface area (Å²) in [6.45, 7) is 8.50. The summed E-state index contributed by atoms with van der Waals surface area (Å²) in [6.07, 6.45) is 3.55. The molecule has 1 N–H and O–H groups in total. The van der Waals surface area contributed by atoms with Gasteiger partial charge in [-0.2, -0.15) is 0 Å². The Kier molecular flexibility index (Phi) is 6.10. The fourth-order valence-corrected chi connectivity index (χ4v) is 3.86. The van der Waals surface area contributed by atoms with Crippen LogP contribution in [0.15, 0.2) is 30.3 Å². The van der Waals surface area contributed by atoms with E-state index in [1.165, 1.54) is 6.42 Å². The lowest BCUT2D eigenvalue weighted by Gasteiger charge is -2.39. The molecule has 0 unspecified atom stereocenters. The van der Waals surface area contributed by atoms with Gasteiger partial charge < -0.3 is 10.0 Å². The molecule has 2 saturated heterocycles. The average Bonchev–Trinajstić information content (AvgIpc) is 2.64. The zero-order valence-electron chi connectivity index (χ0n) is 15.4. The number of carbonyl (C=O) groups excluding carboxylic acids is 1. The third kappa shape index (κ3) is 5.03. The Bertz CT molecular complexity index is 547. The summed E-state index contributed by atoms with van der Waals surface area (Å²) in [6, 6.07) is 9.86. The van der Waals surface area contributed by atoms with Crippen LogP contribution in [0.4, 0.5) is 0 Å². The molecule has 0 saturated carbocycles. The van der Waals surface area contributed by atoms with Gasteiger partial charge in [-0.15, -0.1) is 0 Å². The minimum Gasteiger partial charge on any atom is -0.384 e. The highest BCUT2D eigenvalue weighted by molar-refractivity contribution is 5.78. The Balaban J connectivity index is 1.44. The Labute approximate surface area is 151 Å². The number of nitrogens with zero attached hydrogens (tertiary/aromatic N) is 3. The molecule has 0 aromatic heterocycles. The summed E-state index contributed by atoms with van der Waals surface area (Å²) in [7, 11) is 0. The van der Waals surface area contributed by atoms with Crippen molar-refractivity contribution < 1.29 is 9.90 Å². The average molecular weight is 345 g/mol. The number of aliphatic hydroxyl groups is 1. The van der Waals surface area contributed by atoms with Crippen LogP contribution < -0.4 is 0 Å². The van der Waals surface area contributed by atoms with Crippen LogP contribution in [0.3, 0.4) is 0 Å². The molecule has 0 bridgehead atoms. The number of carbonyl (C=O) groups is 1. The van der Waals surface area contributed by atoms with Crippen LogP contribution >= 0.6 is 0 Å². The van der Waals surface area contributed by atoms with Crippen molar-refractivity contribution in [1.82, 2.24) is 14.7 Å². The Hall–Kier alpha value is -1.43. The van der Waals surface area contributed by atoms with Gasteiger partial charge in [0.25, 0.3) is 0 Å². The normalized spacial score (nSPS) is 22.6. The molecule has 2 aliphatic rings. The second kappa shape index (κ2) is 8.30. The number of amides is 1. The second-order valence-electron chi connectivity index (χ2n) is 7.63. The quantitative estimate of drug-likeness (QED) is 0.879. The monoisotopic (exact) mass is 345 g/mol. The molecule has 0 radical (unpaired) electrons. The van der Waals surface area contributed by atoms with E-state index in [0.717, 1.165) is 57.7 Å². The van der Waals surface area contributed by atoms with Crippen molar-refractivity contribution in [1.29, 1.82) is 0 Å². The topological polar surface area (TPSA) is 47.0 Å². The lowest BCUT2D eigenvalue weighted by Crippen LogP contribution is -2.52. The summed E-state index contributed by atoms with van der Waals surface area (Å²) in [5.41, 5.74) is 0.116. The van der Waals surface area contributed by atoms with Gasteiger partial charge in [-0.3, -0.25) is 14.6 Å². The molecule has 2 fully saturated rings. The van der Waals surface area contributed by atoms with Gasteiger partial charge in [0, 0.05) is 45.8 Å². The fraction of sp³-hybridized carbons (Fsp3) is 0.650. The molecule has 2 aliphatic heterocycles. The molecule has 2 heterocycles. The maximum atomic E-state index is 12.4. The summed E-state index contributed by atoms with van der Waals surface area (Å²) in [4.78, 5) is 19.0. The largest absolute Gasteiger partial charge is 0.384 e. The van der Waals surface area contributed by atoms with Gasteiger partial charge in [0.05, 0.1) is 12.1 Å². The van der Waals surface area contributed by atoms with Crippen LogP contribution in [-0.2, 0) is 10.4 Å². The highest BCUT2D eigenvalue weighted by Crippen LogP contribution is 2.22. The number of β-amino-alcohol motifs (C(OH)–C–C–N with tert-alkyl or cyclic N) is 1. The van der Waals surface area contributed by atoms with E-state index in [1.54, 1.807) is 0 Å². The molecule has 0 spiro atoms. The van der Waals surface area contributed by atoms with Gasteiger partial charge in [-0.05, 0) is 31.7 Å². The zero-order chi connectivity index (χ0) is 17.7. The maximum absolute atomic E-state index is 12.4. The first-order valence-corrected chi connectivity index (χ1v) is 9.55. The molecule has 138 valence electrons. The van der Waals surface area contributed by atoms with Crippen molar-refractivity contribution in [2.75, 3.05) is 52.4 Å². The van der Waals surface area contributed by atoms with Crippen molar-refractivity contribution in [3.63, 3.8) is 0 Å². The van der Waals surface area contributed by atoms with Crippen molar-refractivity contribution in [3.8, 4) is 0 Å². The minimum absolute atomic E-state index is 0.282. The van der Waals surface area contributed by atoms with E-state index in [2.05, 4.69) is 9.80 Å². The van der Waals surface area contributed by atoms with E-state index in [9.17, 15) is 9.90 Å². The number of hydrogen-bond acceptors (Lipinski definition) is 4. The predicted molar refractivity (Wildman–Crippen MR) is 99.3 cm³/mol. The van der Waals surface area contributed by atoms with Gasteiger partial charge in [0.1, 0.15) is 0 Å². The summed E-state index contributed by atoms with van der Waals surface area (Å²) in [5.74, 6) is 0.282. The molecule has 1 aromatic carbocycles. The Morgan fingerprint density at radius 2 is 1.56 bits per heavy atom. The van der Waals surface area contributed by atoms with E-state index >= 15 is 0 Å². The molecular weight excluding hydrogens is 314 g/mol. The summed E-state index contributed by atoms with van der Waals surface area (Å²) in [5, 5.41) is 10.8. The highest BCUT2D eigenvalue weighted by atomic mass is 16.3.